The van der Waals surface area contributed by atoms with E-state index in [2.05, 4.69) is 15.9 Å². The number of nitrogens with one attached hydrogen (secondary N) is 1. The molecule has 1 aromatic heterocycles. The van der Waals surface area contributed by atoms with Crippen LogP contribution in [0.4, 0.5) is 4.79 Å². The third-order valence-electron chi connectivity index (χ3n) is 2.09. The molecule has 0 saturated carbocycles. The zero-order chi connectivity index (χ0) is 19.3. The molecule has 0 aliphatic rings. The third-order valence-corrected chi connectivity index (χ3v) is 6.07. The molecule has 1 amide bonds. The van der Waals surface area contributed by atoms with Crippen molar-refractivity contribution in [2.45, 2.75) is 51.4 Å². The maximum Gasteiger partial charge on any atom is 0.421 e. The summed E-state index contributed by atoms with van der Waals surface area (Å²) in [7, 11) is -3.87. The number of amides is 1. The quantitative estimate of drug-likeness (QED) is 0.717. The Morgan fingerprint density at radius 3 is 1.96 bits per heavy atom. The van der Waals surface area contributed by atoms with Gasteiger partial charge in [-0.25, -0.2) is 17.9 Å². The normalized spacial score (nSPS) is 12.0. The zero-order valence-corrected chi connectivity index (χ0v) is 17.6. The predicted molar refractivity (Wildman–Crippen MR) is 95.7 cm³/mol. The van der Waals surface area contributed by atoms with Gasteiger partial charge in [-0.05, 0) is 68.9 Å². The highest BCUT2D eigenvalue weighted by molar-refractivity contribution is 9.10. The highest BCUT2D eigenvalue weighted by Gasteiger charge is 2.25. The van der Waals surface area contributed by atoms with E-state index in [0.29, 0.717) is 4.47 Å². The summed E-state index contributed by atoms with van der Waals surface area (Å²) in [6.45, 7) is 9.95. The van der Waals surface area contributed by atoms with Gasteiger partial charge in [0, 0.05) is 4.47 Å². The Labute approximate surface area is 154 Å². The second-order valence-corrected chi connectivity index (χ2v) is 10.4. The van der Waals surface area contributed by atoms with Gasteiger partial charge in [-0.1, -0.05) is 0 Å². The van der Waals surface area contributed by atoms with Gasteiger partial charge in [0.15, 0.2) is 4.21 Å². The molecule has 2 N–H and O–H groups in total. The molecule has 1 heterocycles. The first kappa shape index (κ1) is 22.9. The van der Waals surface area contributed by atoms with Gasteiger partial charge in [-0.2, -0.15) is 0 Å². The van der Waals surface area contributed by atoms with E-state index in [1.165, 1.54) is 0 Å². The van der Waals surface area contributed by atoms with Gasteiger partial charge >= 0.3 is 12.1 Å². The topological polar surface area (TPSA) is 110 Å². The van der Waals surface area contributed by atoms with Crippen LogP contribution >= 0.6 is 27.3 Å². The maximum absolute atomic E-state index is 11.8. The standard InChI is InChI=1S/C9H12BrNO4S2.C5H10O2/c1-9(2,3)15-8(12)11-17(13,14)7-6(10)4-5-16-7;1-5(2,3)4(6)7/h4-5H,1-3H3,(H,11,12);1-3H3,(H,6,7). The van der Waals surface area contributed by atoms with Gasteiger partial charge in [0.2, 0.25) is 0 Å². The van der Waals surface area contributed by atoms with E-state index >= 15 is 0 Å². The van der Waals surface area contributed by atoms with Crippen molar-refractivity contribution in [3.8, 4) is 0 Å². The molecule has 0 radical (unpaired) electrons. The summed E-state index contributed by atoms with van der Waals surface area (Å²) in [6.07, 6.45) is -0.988. The fraction of sp³-hybridized carbons (Fsp3) is 0.571. The van der Waals surface area contributed by atoms with Crippen LogP contribution in [0, 0.1) is 5.41 Å². The second-order valence-electron chi connectivity index (χ2n) is 6.72. The van der Waals surface area contributed by atoms with Gasteiger partial charge in [0.1, 0.15) is 5.60 Å². The Kier molecular flexibility index (Phi) is 7.91. The Morgan fingerprint density at radius 2 is 1.67 bits per heavy atom. The van der Waals surface area contributed by atoms with Gasteiger partial charge in [-0.3, -0.25) is 4.79 Å². The summed E-state index contributed by atoms with van der Waals surface area (Å²) >= 11 is 4.10. The predicted octanol–water partition coefficient (Wildman–Crippen LogP) is 3.84. The average molecular weight is 444 g/mol. The van der Waals surface area contributed by atoms with E-state index < -0.39 is 33.1 Å². The molecule has 0 spiro atoms. The van der Waals surface area contributed by atoms with Crippen molar-refractivity contribution < 1.29 is 27.9 Å². The largest absolute Gasteiger partial charge is 0.481 e. The van der Waals surface area contributed by atoms with Crippen molar-refractivity contribution in [3.63, 3.8) is 0 Å². The van der Waals surface area contributed by atoms with Crippen LogP contribution in [0.5, 0.6) is 0 Å². The summed E-state index contributed by atoms with van der Waals surface area (Å²) in [5, 5.41) is 9.85. The van der Waals surface area contributed by atoms with E-state index in [1.54, 1.807) is 53.0 Å². The lowest BCUT2D eigenvalue weighted by molar-refractivity contribution is -0.145. The number of ether oxygens (including phenoxy) is 1. The molecule has 0 unspecified atom stereocenters. The molecule has 24 heavy (non-hydrogen) atoms. The number of hydrogen-bond donors (Lipinski definition) is 2. The number of aliphatic carboxylic acids is 1. The van der Waals surface area contributed by atoms with E-state index in [4.69, 9.17) is 9.84 Å². The highest BCUT2D eigenvalue weighted by atomic mass is 79.9. The molecule has 138 valence electrons. The minimum absolute atomic E-state index is 0.0448. The molecule has 7 nitrogen and oxygen atoms in total. The molecular formula is C14H22BrNO6S2. The number of carbonyl (C=O) groups is 2. The van der Waals surface area contributed by atoms with Gasteiger partial charge in [0.25, 0.3) is 10.0 Å². The van der Waals surface area contributed by atoms with E-state index in [9.17, 15) is 18.0 Å². The van der Waals surface area contributed by atoms with Crippen LogP contribution in [0.2, 0.25) is 0 Å². The second kappa shape index (κ2) is 8.30. The molecule has 10 heteroatoms. The van der Waals surface area contributed by atoms with Crippen molar-refractivity contribution in [3.05, 3.63) is 15.9 Å². The number of carbonyl (C=O) groups excluding carboxylic acids is 1. The Hall–Kier alpha value is -1.13. The van der Waals surface area contributed by atoms with Crippen LogP contribution in [0.1, 0.15) is 41.5 Å². The number of carboxylic acid groups (broad SMARTS) is 1. The number of thiophene rings is 1. The molecule has 1 rings (SSSR count). The van der Waals surface area contributed by atoms with Crippen molar-refractivity contribution in [1.29, 1.82) is 0 Å². The minimum Gasteiger partial charge on any atom is -0.481 e. The first-order valence-electron chi connectivity index (χ1n) is 6.78. The van der Waals surface area contributed by atoms with E-state index in [-0.39, 0.29) is 4.21 Å². The van der Waals surface area contributed by atoms with Gasteiger partial charge in [-0.15, -0.1) is 11.3 Å². The SMILES string of the molecule is CC(C)(C)C(=O)O.CC(C)(C)OC(=O)NS(=O)(=O)c1sccc1Br. The number of halogens is 1. The van der Waals surface area contributed by atoms with E-state index in [1.807, 2.05) is 4.72 Å². The van der Waals surface area contributed by atoms with Gasteiger partial charge in [0.05, 0.1) is 5.41 Å². The van der Waals surface area contributed by atoms with Crippen LogP contribution in [-0.2, 0) is 19.6 Å². The lowest BCUT2D eigenvalue weighted by Gasteiger charge is -2.19. The molecule has 0 bridgehead atoms. The van der Waals surface area contributed by atoms with Crippen LogP contribution in [0.25, 0.3) is 0 Å². The van der Waals surface area contributed by atoms with Crippen LogP contribution in [0.3, 0.4) is 0 Å². The van der Waals surface area contributed by atoms with E-state index in [0.717, 1.165) is 11.3 Å². The molecule has 0 saturated heterocycles. The summed E-state index contributed by atoms with van der Waals surface area (Å²) in [5.41, 5.74) is -1.33. The molecule has 0 aliphatic heterocycles. The lowest BCUT2D eigenvalue weighted by atomic mass is 9.98. The number of sulfonamides is 1. The molecule has 0 aliphatic carbocycles. The number of carboxylic acids is 1. The van der Waals surface area contributed by atoms with Crippen molar-refractivity contribution in [2.24, 2.45) is 5.41 Å². The first-order valence-corrected chi connectivity index (χ1v) is 9.94. The summed E-state index contributed by atoms with van der Waals surface area (Å²) in [6, 6.07) is 1.59. The Balaban J connectivity index is 0.000000640. The Bertz CT molecular complexity index is 683. The van der Waals surface area contributed by atoms with Crippen molar-refractivity contribution in [2.75, 3.05) is 0 Å². The molecule has 0 aromatic carbocycles. The smallest absolute Gasteiger partial charge is 0.421 e. The lowest BCUT2D eigenvalue weighted by Crippen LogP contribution is -2.36. The third kappa shape index (κ3) is 8.65. The molecule has 1 aromatic rings. The maximum atomic E-state index is 11.8. The number of hydrogen-bond acceptors (Lipinski definition) is 6. The minimum atomic E-state index is -3.87. The first-order chi connectivity index (χ1) is 10.6. The van der Waals surface area contributed by atoms with Crippen molar-refractivity contribution in [1.82, 2.24) is 4.72 Å². The highest BCUT2D eigenvalue weighted by Crippen LogP contribution is 2.27. The van der Waals surface area contributed by atoms with Crippen LogP contribution in [0.15, 0.2) is 20.1 Å². The van der Waals surface area contributed by atoms with Crippen LogP contribution in [-0.4, -0.2) is 31.2 Å². The molecule has 0 atom stereocenters. The summed E-state index contributed by atoms with van der Waals surface area (Å²) in [5.74, 6) is -0.757. The average Bonchev–Trinajstić information content (AvgIpc) is 2.72. The summed E-state index contributed by atoms with van der Waals surface area (Å²) in [4.78, 5) is 21.4. The fourth-order valence-corrected chi connectivity index (χ4v) is 4.14. The molecular weight excluding hydrogens is 422 g/mol. The molecule has 0 fully saturated rings. The number of rotatable bonds is 2. The monoisotopic (exact) mass is 443 g/mol. The van der Waals surface area contributed by atoms with Crippen LogP contribution < -0.4 is 4.72 Å². The zero-order valence-electron chi connectivity index (χ0n) is 14.3. The van der Waals surface area contributed by atoms with Crippen molar-refractivity contribution >= 4 is 49.4 Å². The summed E-state index contributed by atoms with van der Waals surface area (Å²) < 4.78 is 30.7. The Morgan fingerprint density at radius 1 is 1.21 bits per heavy atom. The van der Waals surface area contributed by atoms with Gasteiger partial charge < -0.3 is 9.84 Å². The fourth-order valence-electron chi connectivity index (χ4n) is 0.927.